The third-order valence-electron chi connectivity index (χ3n) is 3.44. The van der Waals surface area contributed by atoms with Gasteiger partial charge in [-0.05, 0) is 19.3 Å². The van der Waals surface area contributed by atoms with Crippen molar-refractivity contribution in [2.75, 3.05) is 26.8 Å². The number of hydrogen-bond donors (Lipinski definition) is 1. The molecule has 1 heterocycles. The minimum Gasteiger partial charge on any atom is -0.378 e. The molecule has 2 fully saturated rings. The second kappa shape index (κ2) is 6.42. The van der Waals surface area contributed by atoms with Crippen LogP contribution in [0.25, 0.3) is 0 Å². The molecule has 0 bridgehead atoms. The van der Waals surface area contributed by atoms with Gasteiger partial charge in [-0.3, -0.25) is 4.79 Å². The largest absolute Gasteiger partial charge is 0.378 e. The summed E-state index contributed by atoms with van der Waals surface area (Å²) in [7, 11) is 1.93. The molecule has 1 saturated carbocycles. The maximum atomic E-state index is 11.9. The molecular weight excluding hydrogens is 228 g/mol. The Balaban J connectivity index is 0.00000128. The van der Waals surface area contributed by atoms with Crippen molar-refractivity contribution < 1.29 is 9.53 Å². The normalized spacial score (nSPS) is 25.4. The first-order chi connectivity index (χ1) is 7.27. The molecule has 1 amide bonds. The molecule has 0 radical (unpaired) electrons. The Labute approximate surface area is 103 Å². The first-order valence-corrected chi connectivity index (χ1v) is 5.84. The molecule has 1 unspecified atom stereocenters. The van der Waals surface area contributed by atoms with Crippen LogP contribution in [0.15, 0.2) is 0 Å². The highest BCUT2D eigenvalue weighted by Gasteiger charge is 2.27. The second-order valence-electron chi connectivity index (χ2n) is 4.52. The molecule has 0 aromatic carbocycles. The molecule has 2 aliphatic rings. The molecule has 1 aliphatic carbocycles. The lowest BCUT2D eigenvalue weighted by Gasteiger charge is -2.36. The summed E-state index contributed by atoms with van der Waals surface area (Å²) in [4.78, 5) is 13.8. The average Bonchev–Trinajstić information content (AvgIpc) is 2.16. The summed E-state index contributed by atoms with van der Waals surface area (Å²) in [6, 6.07) is 0.718. The van der Waals surface area contributed by atoms with Gasteiger partial charge in [-0.1, -0.05) is 0 Å². The number of morpholine rings is 1. The molecule has 1 aliphatic heterocycles. The van der Waals surface area contributed by atoms with Gasteiger partial charge in [-0.25, -0.2) is 0 Å². The lowest BCUT2D eigenvalue weighted by Crippen LogP contribution is -2.47. The van der Waals surface area contributed by atoms with Crippen LogP contribution in [0.4, 0.5) is 0 Å². The van der Waals surface area contributed by atoms with Gasteiger partial charge >= 0.3 is 0 Å². The molecule has 94 valence electrons. The fraction of sp³-hybridized carbons (Fsp3) is 0.909. The molecule has 2 rings (SSSR count). The Morgan fingerprint density at radius 3 is 2.75 bits per heavy atom. The van der Waals surface area contributed by atoms with Crippen molar-refractivity contribution in [1.29, 1.82) is 0 Å². The fourth-order valence-electron chi connectivity index (χ4n) is 2.08. The minimum absolute atomic E-state index is 0. The molecule has 16 heavy (non-hydrogen) atoms. The number of halogens is 1. The van der Waals surface area contributed by atoms with Crippen LogP contribution >= 0.6 is 12.4 Å². The van der Waals surface area contributed by atoms with E-state index in [9.17, 15) is 4.79 Å². The monoisotopic (exact) mass is 248 g/mol. The van der Waals surface area contributed by atoms with Gasteiger partial charge < -0.3 is 15.0 Å². The third-order valence-corrected chi connectivity index (χ3v) is 3.44. The zero-order valence-electron chi connectivity index (χ0n) is 9.78. The standard InChI is InChI=1S/C11H20N2O2.ClH/c1-13(10-3-2-4-10)11(14)7-9-8-15-6-5-12-9;/h9-10,12H,2-8H2,1H3;1H. The lowest BCUT2D eigenvalue weighted by atomic mass is 9.91. The predicted octanol–water partition coefficient (Wildman–Crippen LogP) is 0.798. The first-order valence-electron chi connectivity index (χ1n) is 5.84. The average molecular weight is 249 g/mol. The summed E-state index contributed by atoms with van der Waals surface area (Å²) >= 11 is 0. The molecule has 1 N–H and O–H groups in total. The number of hydrogen-bond acceptors (Lipinski definition) is 3. The Hall–Kier alpha value is -0.320. The molecule has 5 heteroatoms. The van der Waals surface area contributed by atoms with Crippen LogP contribution in [0.1, 0.15) is 25.7 Å². The third kappa shape index (κ3) is 3.34. The van der Waals surface area contributed by atoms with E-state index >= 15 is 0 Å². The maximum absolute atomic E-state index is 11.9. The zero-order valence-corrected chi connectivity index (χ0v) is 10.6. The number of nitrogens with zero attached hydrogens (tertiary/aromatic N) is 1. The van der Waals surface area contributed by atoms with Crippen LogP contribution in [0, 0.1) is 0 Å². The van der Waals surface area contributed by atoms with E-state index < -0.39 is 0 Å². The number of rotatable bonds is 3. The zero-order chi connectivity index (χ0) is 10.7. The van der Waals surface area contributed by atoms with Gasteiger partial charge in [0.05, 0.1) is 13.2 Å². The Kier molecular flexibility index (Phi) is 5.52. The molecular formula is C11H21ClN2O2. The van der Waals surface area contributed by atoms with Crippen LogP contribution in [0.3, 0.4) is 0 Å². The summed E-state index contributed by atoms with van der Waals surface area (Å²) in [6.45, 7) is 2.30. The fourth-order valence-corrected chi connectivity index (χ4v) is 2.08. The van der Waals surface area contributed by atoms with Crippen molar-refractivity contribution in [2.45, 2.75) is 37.8 Å². The van der Waals surface area contributed by atoms with E-state index in [1.165, 1.54) is 19.3 Å². The number of nitrogens with one attached hydrogen (secondary N) is 1. The predicted molar refractivity (Wildman–Crippen MR) is 64.9 cm³/mol. The lowest BCUT2D eigenvalue weighted by molar-refractivity contribution is -0.134. The Morgan fingerprint density at radius 2 is 2.25 bits per heavy atom. The highest BCUT2D eigenvalue weighted by atomic mass is 35.5. The van der Waals surface area contributed by atoms with Gasteiger partial charge in [0.25, 0.3) is 0 Å². The summed E-state index contributed by atoms with van der Waals surface area (Å²) in [5, 5.41) is 3.31. The number of carbonyl (C=O) groups excluding carboxylic acids is 1. The van der Waals surface area contributed by atoms with Crippen molar-refractivity contribution in [2.24, 2.45) is 0 Å². The van der Waals surface area contributed by atoms with Crippen LogP contribution in [0.2, 0.25) is 0 Å². The minimum atomic E-state index is 0. The number of amides is 1. The van der Waals surface area contributed by atoms with E-state index in [2.05, 4.69) is 5.32 Å². The molecule has 1 saturated heterocycles. The molecule has 0 spiro atoms. The van der Waals surface area contributed by atoms with E-state index in [0.29, 0.717) is 19.1 Å². The summed E-state index contributed by atoms with van der Waals surface area (Å²) < 4.78 is 5.33. The van der Waals surface area contributed by atoms with E-state index in [1.54, 1.807) is 0 Å². The van der Waals surface area contributed by atoms with Crippen molar-refractivity contribution in [3.8, 4) is 0 Å². The smallest absolute Gasteiger partial charge is 0.224 e. The summed E-state index contributed by atoms with van der Waals surface area (Å²) in [5.41, 5.74) is 0. The van der Waals surface area contributed by atoms with E-state index in [0.717, 1.165) is 13.2 Å². The highest BCUT2D eigenvalue weighted by molar-refractivity contribution is 5.85. The molecule has 0 aromatic heterocycles. The van der Waals surface area contributed by atoms with Crippen molar-refractivity contribution in [1.82, 2.24) is 10.2 Å². The highest BCUT2D eigenvalue weighted by Crippen LogP contribution is 2.24. The maximum Gasteiger partial charge on any atom is 0.224 e. The van der Waals surface area contributed by atoms with Crippen LogP contribution in [0.5, 0.6) is 0 Å². The second-order valence-corrected chi connectivity index (χ2v) is 4.52. The van der Waals surface area contributed by atoms with Crippen LogP contribution in [-0.4, -0.2) is 49.7 Å². The van der Waals surface area contributed by atoms with Gasteiger partial charge in [0.1, 0.15) is 0 Å². The van der Waals surface area contributed by atoms with Crippen molar-refractivity contribution in [3.05, 3.63) is 0 Å². The Bertz CT molecular complexity index is 228. The number of carbonyl (C=O) groups is 1. The summed E-state index contributed by atoms with van der Waals surface area (Å²) in [6.07, 6.45) is 4.20. The quantitative estimate of drug-likeness (QED) is 0.803. The van der Waals surface area contributed by atoms with Gasteiger partial charge in [0.15, 0.2) is 0 Å². The van der Waals surface area contributed by atoms with Crippen molar-refractivity contribution >= 4 is 18.3 Å². The van der Waals surface area contributed by atoms with Gasteiger partial charge in [-0.2, -0.15) is 0 Å². The van der Waals surface area contributed by atoms with Gasteiger partial charge in [0.2, 0.25) is 5.91 Å². The van der Waals surface area contributed by atoms with Gasteiger partial charge in [0, 0.05) is 32.1 Å². The van der Waals surface area contributed by atoms with Crippen LogP contribution < -0.4 is 5.32 Å². The Morgan fingerprint density at radius 1 is 1.50 bits per heavy atom. The van der Waals surface area contributed by atoms with Crippen molar-refractivity contribution in [3.63, 3.8) is 0 Å². The first kappa shape index (κ1) is 13.7. The van der Waals surface area contributed by atoms with E-state index in [4.69, 9.17) is 4.74 Å². The van der Waals surface area contributed by atoms with Gasteiger partial charge in [-0.15, -0.1) is 12.4 Å². The molecule has 4 nitrogen and oxygen atoms in total. The summed E-state index contributed by atoms with van der Waals surface area (Å²) in [5.74, 6) is 0.253. The topological polar surface area (TPSA) is 41.6 Å². The van der Waals surface area contributed by atoms with E-state index in [1.807, 2.05) is 11.9 Å². The van der Waals surface area contributed by atoms with E-state index in [-0.39, 0.29) is 24.4 Å². The molecule has 1 atom stereocenters. The SMILES string of the molecule is CN(C(=O)CC1COCCN1)C1CCC1.Cl. The molecule has 0 aromatic rings. The van der Waals surface area contributed by atoms with Crippen LogP contribution in [-0.2, 0) is 9.53 Å². The number of ether oxygens (including phenoxy) is 1.